The lowest BCUT2D eigenvalue weighted by molar-refractivity contribution is 0.00578. The lowest BCUT2D eigenvalue weighted by Gasteiger charge is -2.32. The molecule has 0 radical (unpaired) electrons. The third kappa shape index (κ3) is 2.22. The number of rotatable bonds is 1. The van der Waals surface area contributed by atoms with E-state index in [1.165, 1.54) is 0 Å². The molecular formula is C15H17BClNO2. The minimum atomic E-state index is -0.393. The maximum absolute atomic E-state index is 6.03. The molecular weight excluding hydrogens is 272 g/mol. The van der Waals surface area contributed by atoms with Crippen LogP contribution in [-0.4, -0.2) is 23.3 Å². The molecule has 1 aliphatic rings. The molecule has 0 bridgehead atoms. The normalized spacial score (nSPS) is 20.6. The summed E-state index contributed by atoms with van der Waals surface area (Å²) in [7, 11) is -0.393. The summed E-state index contributed by atoms with van der Waals surface area (Å²) < 4.78 is 12.1. The lowest BCUT2D eigenvalue weighted by Crippen LogP contribution is -2.41. The van der Waals surface area contributed by atoms with Crippen LogP contribution in [0, 0.1) is 0 Å². The summed E-state index contributed by atoms with van der Waals surface area (Å²) in [5.41, 5.74) is 1.13. The van der Waals surface area contributed by atoms with Crippen molar-refractivity contribution in [2.75, 3.05) is 0 Å². The molecule has 3 rings (SSSR count). The van der Waals surface area contributed by atoms with E-state index < -0.39 is 7.12 Å². The summed E-state index contributed by atoms with van der Waals surface area (Å²) in [6, 6.07) is 7.67. The van der Waals surface area contributed by atoms with Gasteiger partial charge in [-0.05, 0) is 45.9 Å². The fraction of sp³-hybridized carbons (Fsp3) is 0.400. The van der Waals surface area contributed by atoms with Gasteiger partial charge in [0.25, 0.3) is 0 Å². The predicted octanol–water partition coefficient (Wildman–Crippen LogP) is 3.19. The fourth-order valence-electron chi connectivity index (χ4n) is 2.23. The maximum atomic E-state index is 6.03. The van der Waals surface area contributed by atoms with Gasteiger partial charge in [-0.15, -0.1) is 0 Å². The largest absolute Gasteiger partial charge is 0.496 e. The first-order chi connectivity index (χ1) is 9.28. The zero-order chi connectivity index (χ0) is 14.5. The molecule has 5 heteroatoms. The van der Waals surface area contributed by atoms with Crippen LogP contribution in [0.1, 0.15) is 27.7 Å². The third-order valence-corrected chi connectivity index (χ3v) is 4.42. The zero-order valence-corrected chi connectivity index (χ0v) is 12.9. The van der Waals surface area contributed by atoms with Crippen LogP contribution >= 0.6 is 11.6 Å². The van der Waals surface area contributed by atoms with E-state index in [1.54, 1.807) is 6.20 Å². The van der Waals surface area contributed by atoms with E-state index >= 15 is 0 Å². The van der Waals surface area contributed by atoms with Crippen molar-refractivity contribution < 1.29 is 9.31 Å². The van der Waals surface area contributed by atoms with Crippen LogP contribution in [0.25, 0.3) is 10.9 Å². The molecule has 1 aromatic heterocycles. The Morgan fingerprint density at radius 1 is 1.05 bits per heavy atom. The molecule has 1 aromatic carbocycles. The molecule has 0 spiro atoms. The molecule has 0 aliphatic carbocycles. The van der Waals surface area contributed by atoms with Crippen molar-refractivity contribution in [2.24, 2.45) is 0 Å². The molecule has 2 aromatic rings. The van der Waals surface area contributed by atoms with Crippen LogP contribution in [0.5, 0.6) is 0 Å². The number of hydrogen-bond donors (Lipinski definition) is 0. The molecule has 1 fully saturated rings. The second-order valence-corrected chi connectivity index (χ2v) is 6.63. The van der Waals surface area contributed by atoms with Gasteiger partial charge in [0.15, 0.2) is 0 Å². The van der Waals surface area contributed by atoms with Crippen molar-refractivity contribution in [1.82, 2.24) is 4.98 Å². The van der Waals surface area contributed by atoms with Crippen molar-refractivity contribution in [3.8, 4) is 0 Å². The first kappa shape index (κ1) is 13.9. The third-order valence-electron chi connectivity index (χ3n) is 4.19. The topological polar surface area (TPSA) is 31.4 Å². The number of fused-ring (bicyclic) bond motifs is 1. The Bertz CT molecular complexity index is 656. The van der Waals surface area contributed by atoms with Gasteiger partial charge in [0.2, 0.25) is 0 Å². The number of hydrogen-bond acceptors (Lipinski definition) is 3. The van der Waals surface area contributed by atoms with Crippen LogP contribution in [-0.2, 0) is 9.31 Å². The van der Waals surface area contributed by atoms with Gasteiger partial charge >= 0.3 is 7.12 Å². The predicted molar refractivity (Wildman–Crippen MR) is 82.5 cm³/mol. The average molecular weight is 290 g/mol. The van der Waals surface area contributed by atoms with E-state index in [-0.39, 0.29) is 11.2 Å². The van der Waals surface area contributed by atoms with Crippen molar-refractivity contribution in [3.05, 3.63) is 35.5 Å². The fourth-order valence-corrected chi connectivity index (χ4v) is 2.41. The molecule has 3 nitrogen and oxygen atoms in total. The van der Waals surface area contributed by atoms with Crippen LogP contribution in [0.3, 0.4) is 0 Å². The highest BCUT2D eigenvalue weighted by Gasteiger charge is 2.51. The first-order valence-electron chi connectivity index (χ1n) is 6.69. The lowest BCUT2D eigenvalue weighted by atomic mass is 9.80. The second kappa shape index (κ2) is 4.45. The van der Waals surface area contributed by atoms with Gasteiger partial charge in [0, 0.05) is 22.1 Å². The van der Waals surface area contributed by atoms with Gasteiger partial charge < -0.3 is 9.31 Å². The highest BCUT2D eigenvalue weighted by molar-refractivity contribution is 6.62. The highest BCUT2D eigenvalue weighted by atomic mass is 35.5. The Kier molecular flexibility index (Phi) is 3.09. The quantitative estimate of drug-likeness (QED) is 0.756. The van der Waals surface area contributed by atoms with E-state index in [2.05, 4.69) is 4.98 Å². The molecule has 1 aliphatic heterocycles. The van der Waals surface area contributed by atoms with E-state index in [9.17, 15) is 0 Å². The molecule has 0 N–H and O–H groups in total. The van der Waals surface area contributed by atoms with E-state index in [1.807, 2.05) is 52.0 Å². The second-order valence-electron chi connectivity index (χ2n) is 6.19. The van der Waals surface area contributed by atoms with Gasteiger partial charge in [0.1, 0.15) is 0 Å². The summed E-state index contributed by atoms with van der Waals surface area (Å²) in [6.07, 6.45) is 1.80. The number of aromatic nitrogens is 1. The summed E-state index contributed by atoms with van der Waals surface area (Å²) in [6.45, 7) is 8.16. The molecule has 0 saturated carbocycles. The Morgan fingerprint density at radius 3 is 2.35 bits per heavy atom. The Labute approximate surface area is 124 Å². The Balaban J connectivity index is 2.00. The summed E-state index contributed by atoms with van der Waals surface area (Å²) in [5, 5.41) is 1.69. The van der Waals surface area contributed by atoms with E-state index in [4.69, 9.17) is 20.9 Å². The minimum Gasteiger partial charge on any atom is -0.399 e. The van der Waals surface area contributed by atoms with Crippen molar-refractivity contribution in [2.45, 2.75) is 38.9 Å². The molecule has 2 heterocycles. The SMILES string of the molecule is CC1(C)OB(c2cnc3ccc(Cl)cc3c2)OC1(C)C. The summed E-state index contributed by atoms with van der Waals surface area (Å²) >= 11 is 6.03. The maximum Gasteiger partial charge on any atom is 0.496 e. The molecule has 104 valence electrons. The number of pyridine rings is 1. The van der Waals surface area contributed by atoms with Crippen LogP contribution < -0.4 is 5.46 Å². The monoisotopic (exact) mass is 289 g/mol. The highest BCUT2D eigenvalue weighted by Crippen LogP contribution is 2.36. The van der Waals surface area contributed by atoms with E-state index in [0.717, 1.165) is 16.4 Å². The standard InChI is InChI=1S/C15H17BClNO2/c1-14(2)15(3,4)20-16(19-14)11-7-10-8-12(17)5-6-13(10)18-9-11/h5-9H,1-4H3. The van der Waals surface area contributed by atoms with Crippen molar-refractivity contribution in [3.63, 3.8) is 0 Å². The molecule has 0 amide bonds. The minimum absolute atomic E-state index is 0.346. The number of benzene rings is 1. The van der Waals surface area contributed by atoms with Gasteiger partial charge in [-0.3, -0.25) is 4.98 Å². The van der Waals surface area contributed by atoms with Crippen molar-refractivity contribution >= 4 is 35.1 Å². The molecule has 20 heavy (non-hydrogen) atoms. The molecule has 0 atom stereocenters. The first-order valence-corrected chi connectivity index (χ1v) is 7.07. The average Bonchev–Trinajstić information content (AvgIpc) is 2.57. The van der Waals surface area contributed by atoms with Gasteiger partial charge in [0.05, 0.1) is 16.7 Å². The zero-order valence-electron chi connectivity index (χ0n) is 12.1. The smallest absolute Gasteiger partial charge is 0.399 e. The molecule has 0 unspecified atom stereocenters. The summed E-state index contributed by atoms with van der Waals surface area (Å²) in [4.78, 5) is 4.44. The van der Waals surface area contributed by atoms with Gasteiger partial charge in [-0.2, -0.15) is 0 Å². The van der Waals surface area contributed by atoms with Crippen LogP contribution in [0.2, 0.25) is 5.02 Å². The molecule has 1 saturated heterocycles. The number of nitrogens with zero attached hydrogens (tertiary/aromatic N) is 1. The van der Waals surface area contributed by atoms with Crippen molar-refractivity contribution in [1.29, 1.82) is 0 Å². The van der Waals surface area contributed by atoms with Gasteiger partial charge in [-0.1, -0.05) is 17.7 Å². The number of halogens is 1. The Morgan fingerprint density at radius 2 is 1.70 bits per heavy atom. The van der Waals surface area contributed by atoms with Gasteiger partial charge in [-0.25, -0.2) is 0 Å². The Hall–Kier alpha value is -1.10. The van der Waals surface area contributed by atoms with E-state index in [0.29, 0.717) is 5.02 Å². The summed E-state index contributed by atoms with van der Waals surface area (Å²) in [5.74, 6) is 0. The van der Waals surface area contributed by atoms with Crippen LogP contribution in [0.4, 0.5) is 0 Å². The van der Waals surface area contributed by atoms with Crippen LogP contribution in [0.15, 0.2) is 30.5 Å².